The molecule has 0 aliphatic carbocycles. The number of hydrogen-bond acceptors (Lipinski definition) is 2. The van der Waals surface area contributed by atoms with Gasteiger partial charge in [0.25, 0.3) is 0 Å². The first kappa shape index (κ1) is 15.7. The van der Waals surface area contributed by atoms with Crippen LogP contribution < -0.4 is 15.0 Å². The zero-order valence-corrected chi connectivity index (χ0v) is 14.1. The molecule has 0 saturated heterocycles. The van der Waals surface area contributed by atoms with Gasteiger partial charge < -0.3 is 10.1 Å². The Labute approximate surface area is 141 Å². The topological polar surface area (TPSA) is 41.6 Å². The Morgan fingerprint density at radius 3 is 2.61 bits per heavy atom. The second-order valence-electron chi connectivity index (χ2n) is 5.96. The predicted molar refractivity (Wildman–Crippen MR) is 93.8 cm³/mol. The summed E-state index contributed by atoms with van der Waals surface area (Å²) in [6.07, 6.45) is -0.0753. The molecule has 0 spiro atoms. The van der Waals surface area contributed by atoms with Crippen LogP contribution in [-0.4, -0.2) is 18.7 Å². The van der Waals surface area contributed by atoms with Crippen molar-refractivity contribution in [2.45, 2.75) is 26.9 Å². The second-order valence-corrected chi connectivity index (χ2v) is 6.39. The van der Waals surface area contributed by atoms with Crippen molar-refractivity contribution >= 4 is 29.0 Å². The summed E-state index contributed by atoms with van der Waals surface area (Å²) in [4.78, 5) is 14.4. The SMILES string of the molecule is Cc1cc(C)cc(NC(=O)N2C[C@H](C)Oc3ccc(Cl)cc32)c1. The van der Waals surface area contributed by atoms with Gasteiger partial charge in [-0.2, -0.15) is 0 Å². The molecular formula is C18H19ClN2O2. The third kappa shape index (κ3) is 3.42. The lowest BCUT2D eigenvalue weighted by molar-refractivity contribution is 0.208. The first-order chi connectivity index (χ1) is 10.9. The molecule has 1 aliphatic heterocycles. The molecule has 1 atom stereocenters. The normalized spacial score (nSPS) is 16.5. The molecule has 2 amide bonds. The summed E-state index contributed by atoms with van der Waals surface area (Å²) in [7, 11) is 0. The van der Waals surface area contributed by atoms with Crippen LogP contribution in [-0.2, 0) is 0 Å². The van der Waals surface area contributed by atoms with E-state index in [4.69, 9.17) is 16.3 Å². The Balaban J connectivity index is 1.89. The summed E-state index contributed by atoms with van der Waals surface area (Å²) in [5.74, 6) is 0.670. The van der Waals surface area contributed by atoms with Crippen LogP contribution in [0.2, 0.25) is 5.02 Å². The molecule has 1 N–H and O–H groups in total. The van der Waals surface area contributed by atoms with Crippen molar-refractivity contribution in [2.75, 3.05) is 16.8 Å². The lowest BCUT2D eigenvalue weighted by atomic mass is 10.1. The van der Waals surface area contributed by atoms with E-state index in [0.717, 1.165) is 16.8 Å². The lowest BCUT2D eigenvalue weighted by Crippen LogP contribution is -2.44. The highest BCUT2D eigenvalue weighted by Gasteiger charge is 2.28. The monoisotopic (exact) mass is 330 g/mol. The van der Waals surface area contributed by atoms with E-state index in [1.165, 1.54) is 0 Å². The van der Waals surface area contributed by atoms with E-state index in [-0.39, 0.29) is 12.1 Å². The molecular weight excluding hydrogens is 312 g/mol. The fourth-order valence-corrected chi connectivity index (χ4v) is 3.01. The van der Waals surface area contributed by atoms with Crippen LogP contribution in [0.1, 0.15) is 18.1 Å². The van der Waals surface area contributed by atoms with Gasteiger partial charge in [0.15, 0.2) is 0 Å². The fraction of sp³-hybridized carbons (Fsp3) is 0.278. The molecule has 0 radical (unpaired) electrons. The third-order valence-electron chi connectivity index (χ3n) is 3.70. The number of halogens is 1. The maximum absolute atomic E-state index is 12.7. The van der Waals surface area contributed by atoms with E-state index in [0.29, 0.717) is 23.0 Å². The molecule has 3 rings (SSSR count). The lowest BCUT2D eigenvalue weighted by Gasteiger charge is -2.33. The number of ether oxygens (including phenoxy) is 1. The summed E-state index contributed by atoms with van der Waals surface area (Å²) >= 11 is 6.07. The number of hydrogen-bond donors (Lipinski definition) is 1. The first-order valence-corrected chi connectivity index (χ1v) is 7.93. The van der Waals surface area contributed by atoms with Crippen LogP contribution in [0, 0.1) is 13.8 Å². The van der Waals surface area contributed by atoms with Crippen molar-refractivity contribution in [2.24, 2.45) is 0 Å². The molecule has 0 bridgehead atoms. The smallest absolute Gasteiger partial charge is 0.326 e. The average molecular weight is 331 g/mol. The zero-order valence-electron chi connectivity index (χ0n) is 13.4. The summed E-state index contributed by atoms with van der Waals surface area (Å²) in [5.41, 5.74) is 3.70. The Hall–Kier alpha value is -2.20. The van der Waals surface area contributed by atoms with Gasteiger partial charge in [-0.1, -0.05) is 17.7 Å². The molecule has 4 nitrogen and oxygen atoms in total. The molecule has 2 aromatic carbocycles. The van der Waals surface area contributed by atoms with Crippen molar-refractivity contribution in [1.82, 2.24) is 0 Å². The minimum Gasteiger partial charge on any atom is -0.487 e. The Morgan fingerprint density at radius 1 is 1.22 bits per heavy atom. The van der Waals surface area contributed by atoms with E-state index in [1.54, 1.807) is 23.1 Å². The second kappa shape index (κ2) is 6.13. The van der Waals surface area contributed by atoms with E-state index >= 15 is 0 Å². The number of carbonyl (C=O) groups is 1. The van der Waals surface area contributed by atoms with Gasteiger partial charge in [0.05, 0.1) is 12.2 Å². The number of fused-ring (bicyclic) bond motifs is 1. The largest absolute Gasteiger partial charge is 0.487 e. The highest BCUT2D eigenvalue weighted by molar-refractivity contribution is 6.31. The molecule has 0 unspecified atom stereocenters. The number of rotatable bonds is 1. The molecule has 5 heteroatoms. The van der Waals surface area contributed by atoms with Crippen LogP contribution in [0.4, 0.5) is 16.2 Å². The van der Waals surface area contributed by atoms with Crippen LogP contribution in [0.5, 0.6) is 5.75 Å². The third-order valence-corrected chi connectivity index (χ3v) is 3.93. The van der Waals surface area contributed by atoms with Gasteiger partial charge in [-0.25, -0.2) is 4.79 Å². The molecule has 0 saturated carbocycles. The van der Waals surface area contributed by atoms with Gasteiger partial charge >= 0.3 is 6.03 Å². The van der Waals surface area contributed by atoms with E-state index in [9.17, 15) is 4.79 Å². The van der Waals surface area contributed by atoms with Crippen molar-refractivity contribution in [3.63, 3.8) is 0 Å². The molecule has 1 heterocycles. The molecule has 120 valence electrons. The first-order valence-electron chi connectivity index (χ1n) is 7.55. The number of aryl methyl sites for hydroxylation is 2. The number of anilines is 2. The van der Waals surface area contributed by atoms with E-state index in [1.807, 2.05) is 32.9 Å². The van der Waals surface area contributed by atoms with Gasteiger partial charge in [0, 0.05) is 10.7 Å². The maximum atomic E-state index is 12.7. The summed E-state index contributed by atoms with van der Waals surface area (Å²) < 4.78 is 5.78. The molecule has 1 aliphatic rings. The Kier molecular flexibility index (Phi) is 4.18. The van der Waals surface area contributed by atoms with Crippen LogP contribution in [0.3, 0.4) is 0 Å². The van der Waals surface area contributed by atoms with Crippen molar-refractivity contribution in [3.8, 4) is 5.75 Å². The van der Waals surface area contributed by atoms with Crippen molar-refractivity contribution in [1.29, 1.82) is 0 Å². The molecule has 0 fully saturated rings. The number of nitrogens with zero attached hydrogens (tertiary/aromatic N) is 1. The van der Waals surface area contributed by atoms with Crippen LogP contribution in [0.25, 0.3) is 0 Å². The standard InChI is InChI=1S/C18H19ClN2O2/c1-11-6-12(2)8-15(7-11)20-18(22)21-10-13(3)23-17-5-4-14(19)9-16(17)21/h4-9,13H,10H2,1-3H3,(H,20,22)/t13-/m0/s1. The van der Waals surface area contributed by atoms with Crippen LogP contribution >= 0.6 is 11.6 Å². The fourth-order valence-electron chi connectivity index (χ4n) is 2.84. The van der Waals surface area contributed by atoms with Gasteiger partial charge in [-0.15, -0.1) is 0 Å². The van der Waals surface area contributed by atoms with E-state index in [2.05, 4.69) is 11.4 Å². The Morgan fingerprint density at radius 2 is 1.91 bits per heavy atom. The number of urea groups is 1. The van der Waals surface area contributed by atoms with Gasteiger partial charge in [0.1, 0.15) is 11.9 Å². The summed E-state index contributed by atoms with van der Waals surface area (Å²) in [6.45, 7) is 6.43. The van der Waals surface area contributed by atoms with Crippen molar-refractivity contribution < 1.29 is 9.53 Å². The predicted octanol–water partition coefficient (Wildman–Crippen LogP) is 4.78. The van der Waals surface area contributed by atoms with Crippen molar-refractivity contribution in [3.05, 3.63) is 52.5 Å². The molecule has 2 aromatic rings. The van der Waals surface area contributed by atoms with Gasteiger partial charge in [-0.05, 0) is 62.2 Å². The summed E-state index contributed by atoms with van der Waals surface area (Å²) in [5, 5.41) is 3.54. The number of nitrogens with one attached hydrogen (secondary N) is 1. The number of amides is 2. The van der Waals surface area contributed by atoms with Gasteiger partial charge in [0.2, 0.25) is 0 Å². The zero-order chi connectivity index (χ0) is 16.6. The quantitative estimate of drug-likeness (QED) is 0.817. The highest BCUT2D eigenvalue weighted by Crippen LogP contribution is 2.36. The summed E-state index contributed by atoms with van der Waals surface area (Å²) in [6, 6.07) is 11.1. The van der Waals surface area contributed by atoms with Gasteiger partial charge in [-0.3, -0.25) is 4.90 Å². The maximum Gasteiger partial charge on any atom is 0.326 e. The molecule has 0 aromatic heterocycles. The minimum absolute atomic E-state index is 0.0753. The number of carbonyl (C=O) groups excluding carboxylic acids is 1. The van der Waals surface area contributed by atoms with E-state index < -0.39 is 0 Å². The average Bonchev–Trinajstić information content (AvgIpc) is 2.45. The Bertz CT molecular complexity index is 740. The minimum atomic E-state index is -0.186. The molecule has 23 heavy (non-hydrogen) atoms. The van der Waals surface area contributed by atoms with Crippen LogP contribution in [0.15, 0.2) is 36.4 Å². The highest BCUT2D eigenvalue weighted by atomic mass is 35.5. The number of benzene rings is 2.